The first-order valence-electron chi connectivity index (χ1n) is 8.66. The van der Waals surface area contributed by atoms with Crippen LogP contribution in [-0.4, -0.2) is 29.9 Å². The number of benzene rings is 2. The summed E-state index contributed by atoms with van der Waals surface area (Å²) in [5.74, 6) is -1.53. The quantitative estimate of drug-likeness (QED) is 0.817. The molecule has 1 aliphatic heterocycles. The van der Waals surface area contributed by atoms with Gasteiger partial charge in [0.25, 0.3) is 0 Å². The van der Waals surface area contributed by atoms with Crippen LogP contribution in [0.25, 0.3) is 0 Å². The molecule has 1 fully saturated rings. The smallest absolute Gasteiger partial charge is 0.224 e. The van der Waals surface area contributed by atoms with Gasteiger partial charge in [0, 0.05) is 43.9 Å². The third kappa shape index (κ3) is 4.07. The number of carbonyl (C=O) groups is 1. The standard InChI is InChI=1S/C20H21F3N2O/c1-14(26)25(16-7-5-15(21)6-8-16)17-9-11-24(12-10-17)13-18-19(22)3-2-4-20(18)23/h2-8,17H,9-13H2,1H3. The van der Waals surface area contributed by atoms with Gasteiger partial charge in [0.1, 0.15) is 17.5 Å². The monoisotopic (exact) mass is 362 g/mol. The largest absolute Gasteiger partial charge is 0.310 e. The summed E-state index contributed by atoms with van der Waals surface area (Å²) in [7, 11) is 0. The van der Waals surface area contributed by atoms with Crippen molar-refractivity contribution in [3.05, 3.63) is 65.5 Å². The van der Waals surface area contributed by atoms with Crippen LogP contribution in [0.3, 0.4) is 0 Å². The van der Waals surface area contributed by atoms with Crippen LogP contribution < -0.4 is 4.90 Å². The van der Waals surface area contributed by atoms with Gasteiger partial charge in [-0.05, 0) is 49.2 Å². The number of nitrogens with zero attached hydrogens (tertiary/aromatic N) is 2. The van der Waals surface area contributed by atoms with E-state index in [-0.39, 0.29) is 29.9 Å². The topological polar surface area (TPSA) is 23.6 Å². The molecule has 0 aromatic heterocycles. The van der Waals surface area contributed by atoms with Gasteiger partial charge in [0.2, 0.25) is 5.91 Å². The first-order valence-corrected chi connectivity index (χ1v) is 8.66. The lowest BCUT2D eigenvalue weighted by atomic mass is 10.0. The number of hydrogen-bond acceptors (Lipinski definition) is 2. The Balaban J connectivity index is 1.66. The Morgan fingerprint density at radius 2 is 1.62 bits per heavy atom. The maximum absolute atomic E-state index is 13.8. The number of amides is 1. The summed E-state index contributed by atoms with van der Waals surface area (Å²) < 4.78 is 40.8. The summed E-state index contributed by atoms with van der Waals surface area (Å²) in [6.07, 6.45) is 1.38. The zero-order valence-corrected chi connectivity index (χ0v) is 14.6. The fourth-order valence-electron chi connectivity index (χ4n) is 3.49. The summed E-state index contributed by atoms with van der Waals surface area (Å²) in [6, 6.07) is 9.72. The molecule has 3 rings (SSSR count). The van der Waals surface area contributed by atoms with Crippen molar-refractivity contribution in [2.45, 2.75) is 32.4 Å². The number of piperidine rings is 1. The summed E-state index contributed by atoms with van der Waals surface area (Å²) in [5, 5.41) is 0. The molecule has 0 aliphatic carbocycles. The first-order chi connectivity index (χ1) is 12.5. The van der Waals surface area contributed by atoms with Crippen LogP contribution in [0.15, 0.2) is 42.5 Å². The molecule has 1 heterocycles. The van der Waals surface area contributed by atoms with Gasteiger partial charge in [-0.2, -0.15) is 0 Å². The number of rotatable bonds is 4. The van der Waals surface area contributed by atoms with Gasteiger partial charge in [-0.3, -0.25) is 9.69 Å². The highest BCUT2D eigenvalue weighted by Crippen LogP contribution is 2.25. The molecule has 1 saturated heterocycles. The number of hydrogen-bond donors (Lipinski definition) is 0. The highest BCUT2D eigenvalue weighted by molar-refractivity contribution is 5.92. The van der Waals surface area contributed by atoms with Gasteiger partial charge in [-0.25, -0.2) is 13.2 Å². The first kappa shape index (κ1) is 18.5. The van der Waals surface area contributed by atoms with Crippen LogP contribution in [0.2, 0.25) is 0 Å². The Morgan fingerprint density at radius 3 is 2.15 bits per heavy atom. The minimum atomic E-state index is -0.538. The number of halogens is 3. The normalized spacial score (nSPS) is 15.8. The van der Waals surface area contributed by atoms with Crippen molar-refractivity contribution in [2.75, 3.05) is 18.0 Å². The molecule has 2 aromatic carbocycles. The maximum atomic E-state index is 13.8. The van der Waals surface area contributed by atoms with Gasteiger partial charge >= 0.3 is 0 Å². The van der Waals surface area contributed by atoms with E-state index in [0.717, 1.165) is 0 Å². The van der Waals surface area contributed by atoms with Gasteiger partial charge in [-0.15, -0.1) is 0 Å². The molecule has 0 saturated carbocycles. The average molecular weight is 362 g/mol. The van der Waals surface area contributed by atoms with E-state index in [4.69, 9.17) is 0 Å². The molecular weight excluding hydrogens is 341 g/mol. The third-order valence-corrected chi connectivity index (χ3v) is 4.81. The van der Waals surface area contributed by atoms with Crippen LogP contribution in [0, 0.1) is 17.5 Å². The van der Waals surface area contributed by atoms with Crippen LogP contribution in [0.5, 0.6) is 0 Å². The Bertz CT molecular complexity index is 751. The van der Waals surface area contributed by atoms with E-state index in [9.17, 15) is 18.0 Å². The molecular formula is C20H21F3N2O. The van der Waals surface area contributed by atoms with Gasteiger partial charge in [-0.1, -0.05) is 6.07 Å². The van der Waals surface area contributed by atoms with Crippen molar-refractivity contribution in [2.24, 2.45) is 0 Å². The molecule has 1 amide bonds. The van der Waals surface area contributed by atoms with E-state index in [1.807, 2.05) is 4.90 Å². The van der Waals surface area contributed by atoms with Crippen molar-refractivity contribution in [1.29, 1.82) is 0 Å². The fraction of sp³-hybridized carbons (Fsp3) is 0.350. The van der Waals surface area contributed by atoms with E-state index in [1.165, 1.54) is 37.3 Å². The molecule has 6 heteroatoms. The maximum Gasteiger partial charge on any atom is 0.224 e. The lowest BCUT2D eigenvalue weighted by Gasteiger charge is -2.38. The summed E-state index contributed by atoms with van der Waals surface area (Å²) in [6.45, 7) is 2.96. The lowest BCUT2D eigenvalue weighted by molar-refractivity contribution is -0.117. The summed E-state index contributed by atoms with van der Waals surface area (Å²) in [5.41, 5.74) is 0.741. The third-order valence-electron chi connectivity index (χ3n) is 4.81. The summed E-state index contributed by atoms with van der Waals surface area (Å²) in [4.78, 5) is 15.8. The van der Waals surface area contributed by atoms with E-state index in [1.54, 1.807) is 17.0 Å². The van der Waals surface area contributed by atoms with Crippen LogP contribution >= 0.6 is 0 Å². The van der Waals surface area contributed by atoms with Crippen LogP contribution in [0.4, 0.5) is 18.9 Å². The zero-order valence-electron chi connectivity index (χ0n) is 14.6. The fourth-order valence-corrected chi connectivity index (χ4v) is 3.49. The Morgan fingerprint density at radius 1 is 1.04 bits per heavy atom. The highest BCUT2D eigenvalue weighted by atomic mass is 19.1. The SMILES string of the molecule is CC(=O)N(c1ccc(F)cc1)C1CCN(Cc2c(F)cccc2F)CC1. The molecule has 3 nitrogen and oxygen atoms in total. The van der Waals surface area contributed by atoms with E-state index in [0.29, 0.717) is 31.6 Å². The Hall–Kier alpha value is -2.34. The molecule has 0 spiro atoms. The second-order valence-electron chi connectivity index (χ2n) is 6.57. The lowest BCUT2D eigenvalue weighted by Crippen LogP contribution is -2.46. The number of carbonyl (C=O) groups excluding carboxylic acids is 1. The zero-order chi connectivity index (χ0) is 18.7. The van der Waals surface area contributed by atoms with Crippen molar-refractivity contribution in [3.63, 3.8) is 0 Å². The molecule has 1 aliphatic rings. The van der Waals surface area contributed by atoms with Gasteiger partial charge in [0.15, 0.2) is 0 Å². The van der Waals surface area contributed by atoms with Crippen molar-refractivity contribution < 1.29 is 18.0 Å². The Kier molecular flexibility index (Phi) is 5.61. The highest BCUT2D eigenvalue weighted by Gasteiger charge is 2.28. The predicted octanol–water partition coefficient (Wildman–Crippen LogP) is 4.12. The Labute approximate surface area is 151 Å². The minimum Gasteiger partial charge on any atom is -0.310 e. The van der Waals surface area contributed by atoms with Crippen molar-refractivity contribution >= 4 is 11.6 Å². The van der Waals surface area contributed by atoms with Crippen LogP contribution in [0.1, 0.15) is 25.3 Å². The van der Waals surface area contributed by atoms with Crippen molar-refractivity contribution in [1.82, 2.24) is 4.90 Å². The van der Waals surface area contributed by atoms with Crippen LogP contribution in [-0.2, 0) is 11.3 Å². The van der Waals surface area contributed by atoms with E-state index in [2.05, 4.69) is 0 Å². The molecule has 0 atom stereocenters. The molecule has 0 radical (unpaired) electrons. The number of likely N-dealkylation sites (tertiary alicyclic amines) is 1. The molecule has 0 unspecified atom stereocenters. The van der Waals surface area contributed by atoms with Gasteiger partial charge < -0.3 is 4.90 Å². The molecule has 138 valence electrons. The van der Waals surface area contributed by atoms with Gasteiger partial charge in [0.05, 0.1) is 0 Å². The summed E-state index contributed by atoms with van der Waals surface area (Å²) >= 11 is 0. The second-order valence-corrected chi connectivity index (χ2v) is 6.57. The minimum absolute atomic E-state index is 0.0142. The van der Waals surface area contributed by atoms with E-state index < -0.39 is 11.6 Å². The second kappa shape index (κ2) is 7.91. The molecule has 2 aromatic rings. The predicted molar refractivity (Wildman–Crippen MR) is 94.2 cm³/mol. The molecule has 0 bridgehead atoms. The van der Waals surface area contributed by atoms with Crippen molar-refractivity contribution in [3.8, 4) is 0 Å². The average Bonchev–Trinajstić information content (AvgIpc) is 2.61. The van der Waals surface area contributed by atoms with E-state index >= 15 is 0 Å². The molecule has 0 N–H and O–H groups in total. The molecule has 26 heavy (non-hydrogen) atoms. The number of anilines is 1.